The van der Waals surface area contributed by atoms with Crippen molar-refractivity contribution in [2.75, 3.05) is 0 Å². The molecule has 0 heterocycles. The average molecular weight is 301 g/mol. The molecule has 0 unspecified atom stereocenters. The van der Waals surface area contributed by atoms with Crippen LogP contribution in [0, 0.1) is 20.2 Å². The van der Waals surface area contributed by atoms with Crippen LogP contribution in [-0.4, -0.2) is 26.6 Å². The summed E-state index contributed by atoms with van der Waals surface area (Å²) in [5.74, 6) is -0.587. The summed E-state index contributed by atoms with van der Waals surface area (Å²) in [4.78, 5) is 28.8. The minimum Gasteiger partial charge on any atom is -0.502 e. The summed E-state index contributed by atoms with van der Waals surface area (Å²) in [6, 6.07) is 2.61. The van der Waals surface area contributed by atoms with Gasteiger partial charge in [0.25, 0.3) is 5.69 Å². The average Bonchev–Trinajstić information content (AvgIpc) is 2.25. The first-order valence-corrected chi connectivity index (χ1v) is 5.54. The summed E-state index contributed by atoms with van der Waals surface area (Å²) in [5.41, 5.74) is 3.17. The molecule has 0 bridgehead atoms. The second-order valence-corrected chi connectivity index (χ2v) is 4.72. The number of phenolic OH excluding ortho intramolecular Hbond substituents is 1. The molecule has 0 atom stereocenters. The molecule has 10 nitrogen and oxygen atoms in total. The third-order valence-electron chi connectivity index (χ3n) is 1.77. The summed E-state index contributed by atoms with van der Waals surface area (Å²) in [7, 11) is 0. The fourth-order valence-electron chi connectivity index (χ4n) is 1.07. The summed E-state index contributed by atoms with van der Waals surface area (Å²) in [6.45, 7) is 5.28. The molecule has 0 aromatic heterocycles. The van der Waals surface area contributed by atoms with Crippen LogP contribution in [0.2, 0.25) is 0 Å². The lowest BCUT2D eigenvalue weighted by atomic mass is 10.2. The summed E-state index contributed by atoms with van der Waals surface area (Å²) < 4.78 is 4.58. The van der Waals surface area contributed by atoms with Gasteiger partial charge in [-0.05, 0) is 26.8 Å². The fraction of sp³-hybridized carbons (Fsp3) is 0.364. The van der Waals surface area contributed by atoms with Gasteiger partial charge in [-0.1, -0.05) is 0 Å². The zero-order chi connectivity index (χ0) is 16.8. The number of nitrogens with two attached hydrogens (primary N) is 1. The number of rotatable bonds is 2. The van der Waals surface area contributed by atoms with Gasteiger partial charge in [-0.25, -0.2) is 4.79 Å². The molecule has 3 N–H and O–H groups in total. The standard InChI is InChI=1S/C6H4N2O5.C5H11NO2/c9-6-2-1-4(7(10)11)3-5(6)8(12)13;1-5(2,3)8-4(6)7/h1-3,9H;1-3H3,(H2,6,7). The molecular weight excluding hydrogens is 286 g/mol. The highest BCUT2D eigenvalue weighted by atomic mass is 16.6. The number of ether oxygens (including phenoxy) is 1. The van der Waals surface area contributed by atoms with Crippen molar-refractivity contribution in [1.29, 1.82) is 0 Å². The predicted molar refractivity (Wildman–Crippen MR) is 71.8 cm³/mol. The highest BCUT2D eigenvalue weighted by molar-refractivity contribution is 5.65. The number of nitrogens with zero attached hydrogens (tertiary/aromatic N) is 2. The molecule has 1 amide bonds. The highest BCUT2D eigenvalue weighted by Crippen LogP contribution is 2.29. The van der Waals surface area contributed by atoms with E-state index in [1.54, 1.807) is 20.8 Å². The van der Waals surface area contributed by atoms with Crippen molar-refractivity contribution in [3.8, 4) is 5.75 Å². The quantitative estimate of drug-likeness (QED) is 0.624. The lowest BCUT2D eigenvalue weighted by Gasteiger charge is -2.16. The number of nitro groups is 2. The number of non-ortho nitro benzene ring substituents is 1. The Morgan fingerprint density at radius 2 is 1.76 bits per heavy atom. The number of amides is 1. The van der Waals surface area contributed by atoms with Crippen LogP contribution in [0.25, 0.3) is 0 Å². The van der Waals surface area contributed by atoms with Gasteiger partial charge in [-0.3, -0.25) is 20.2 Å². The number of aromatic hydroxyl groups is 1. The molecule has 116 valence electrons. The van der Waals surface area contributed by atoms with Gasteiger partial charge in [0.05, 0.1) is 15.9 Å². The predicted octanol–water partition coefficient (Wildman–Crippen LogP) is 2.09. The molecule has 0 aliphatic carbocycles. The van der Waals surface area contributed by atoms with Gasteiger partial charge in [0.1, 0.15) is 5.60 Å². The highest BCUT2D eigenvalue weighted by Gasteiger charge is 2.18. The van der Waals surface area contributed by atoms with Crippen molar-refractivity contribution in [3.63, 3.8) is 0 Å². The van der Waals surface area contributed by atoms with Crippen molar-refractivity contribution in [3.05, 3.63) is 38.4 Å². The van der Waals surface area contributed by atoms with Crippen molar-refractivity contribution in [1.82, 2.24) is 0 Å². The first kappa shape index (κ1) is 18.1. The number of carbonyl (C=O) groups is 1. The summed E-state index contributed by atoms with van der Waals surface area (Å²) in [5, 5.41) is 29.3. The van der Waals surface area contributed by atoms with Gasteiger partial charge in [0.15, 0.2) is 5.75 Å². The minimum atomic E-state index is -0.887. The third kappa shape index (κ3) is 7.30. The Morgan fingerprint density at radius 1 is 1.24 bits per heavy atom. The normalized spacial score (nSPS) is 10.0. The first-order chi connectivity index (χ1) is 9.44. The van der Waals surface area contributed by atoms with Gasteiger partial charge < -0.3 is 15.6 Å². The minimum absolute atomic E-state index is 0.426. The Bertz CT molecular complexity index is 551. The zero-order valence-electron chi connectivity index (χ0n) is 11.6. The van der Waals surface area contributed by atoms with Crippen LogP contribution in [0.15, 0.2) is 18.2 Å². The van der Waals surface area contributed by atoms with Crippen molar-refractivity contribution in [2.45, 2.75) is 26.4 Å². The lowest BCUT2D eigenvalue weighted by molar-refractivity contribution is -0.394. The van der Waals surface area contributed by atoms with Crippen molar-refractivity contribution < 1.29 is 24.5 Å². The number of benzene rings is 1. The van der Waals surface area contributed by atoms with E-state index in [1.165, 1.54) is 0 Å². The number of carbonyl (C=O) groups excluding carboxylic acids is 1. The van der Waals surface area contributed by atoms with E-state index in [1.807, 2.05) is 0 Å². The van der Waals surface area contributed by atoms with Crippen LogP contribution in [0.5, 0.6) is 5.75 Å². The van der Waals surface area contributed by atoms with Gasteiger partial charge in [-0.2, -0.15) is 0 Å². The Morgan fingerprint density at radius 3 is 2.05 bits per heavy atom. The van der Waals surface area contributed by atoms with Crippen LogP contribution in [-0.2, 0) is 4.74 Å². The Kier molecular flexibility index (Phi) is 6.05. The molecule has 10 heteroatoms. The second kappa shape index (κ2) is 7.03. The maximum absolute atomic E-state index is 10.2. The molecule has 0 saturated heterocycles. The SMILES string of the molecule is CC(C)(C)OC(N)=O.O=[N+]([O-])c1ccc(O)c([N+](=O)[O-])c1. The monoisotopic (exact) mass is 301 g/mol. The molecule has 0 aliphatic heterocycles. The molecule has 0 aliphatic rings. The number of phenols is 1. The Balaban J connectivity index is 0.000000433. The maximum atomic E-state index is 10.2. The summed E-state index contributed by atoms with van der Waals surface area (Å²) >= 11 is 0. The summed E-state index contributed by atoms with van der Waals surface area (Å²) in [6.07, 6.45) is -0.725. The Hall–Kier alpha value is -2.91. The fourth-order valence-corrected chi connectivity index (χ4v) is 1.07. The molecule has 0 radical (unpaired) electrons. The van der Waals surface area contributed by atoms with Crippen molar-refractivity contribution in [2.24, 2.45) is 5.73 Å². The van der Waals surface area contributed by atoms with Crippen molar-refractivity contribution >= 4 is 17.5 Å². The molecule has 1 aromatic carbocycles. The van der Waals surface area contributed by atoms with Gasteiger partial charge in [-0.15, -0.1) is 0 Å². The number of hydrogen-bond acceptors (Lipinski definition) is 7. The van der Waals surface area contributed by atoms with E-state index < -0.39 is 38.7 Å². The maximum Gasteiger partial charge on any atom is 0.405 e. The molecule has 0 saturated carbocycles. The number of hydrogen-bond donors (Lipinski definition) is 2. The molecular formula is C11H15N3O7. The van der Waals surface area contributed by atoms with E-state index in [4.69, 9.17) is 10.8 Å². The molecule has 0 fully saturated rings. The van der Waals surface area contributed by atoms with E-state index in [-0.39, 0.29) is 0 Å². The smallest absolute Gasteiger partial charge is 0.405 e. The van der Waals surface area contributed by atoms with Crippen LogP contribution >= 0.6 is 0 Å². The topological polar surface area (TPSA) is 159 Å². The second-order valence-electron chi connectivity index (χ2n) is 4.72. The van der Waals surface area contributed by atoms with E-state index in [9.17, 15) is 25.0 Å². The largest absolute Gasteiger partial charge is 0.502 e. The number of nitro benzene ring substituents is 2. The molecule has 1 rings (SSSR count). The van der Waals surface area contributed by atoms with Crippen LogP contribution in [0.4, 0.5) is 16.2 Å². The van der Waals surface area contributed by atoms with E-state index in [0.717, 1.165) is 12.1 Å². The lowest BCUT2D eigenvalue weighted by Crippen LogP contribution is -2.27. The van der Waals surface area contributed by atoms with Crippen LogP contribution < -0.4 is 5.73 Å². The number of primary amides is 1. The van der Waals surface area contributed by atoms with Crippen LogP contribution in [0.1, 0.15) is 20.8 Å². The zero-order valence-corrected chi connectivity index (χ0v) is 11.6. The van der Waals surface area contributed by atoms with E-state index in [2.05, 4.69) is 4.74 Å². The van der Waals surface area contributed by atoms with Crippen LogP contribution in [0.3, 0.4) is 0 Å². The molecule has 1 aromatic rings. The molecule has 21 heavy (non-hydrogen) atoms. The van der Waals surface area contributed by atoms with Gasteiger partial charge in [0.2, 0.25) is 0 Å². The molecule has 0 spiro atoms. The Labute approximate surface area is 119 Å². The first-order valence-electron chi connectivity index (χ1n) is 5.54. The third-order valence-corrected chi connectivity index (χ3v) is 1.77. The van der Waals surface area contributed by atoms with E-state index in [0.29, 0.717) is 6.07 Å². The van der Waals surface area contributed by atoms with E-state index >= 15 is 0 Å². The van der Waals surface area contributed by atoms with Gasteiger partial charge >= 0.3 is 11.8 Å². The van der Waals surface area contributed by atoms with Gasteiger partial charge in [0, 0.05) is 6.07 Å².